The lowest BCUT2D eigenvalue weighted by molar-refractivity contribution is 0.301. The first-order valence-corrected chi connectivity index (χ1v) is 11.4. The minimum Gasteiger partial charge on any atom is -0.206 e. The molecule has 0 heterocycles. The Balaban J connectivity index is 1.64. The highest BCUT2D eigenvalue weighted by Gasteiger charge is 2.25. The summed E-state index contributed by atoms with van der Waals surface area (Å²) in [6.45, 7) is 3.51. The Kier molecular flexibility index (Phi) is 7.96. The van der Waals surface area contributed by atoms with E-state index in [4.69, 9.17) is 0 Å². The van der Waals surface area contributed by atoms with Gasteiger partial charge in [-0.25, -0.2) is 17.6 Å². The van der Waals surface area contributed by atoms with Crippen LogP contribution in [-0.4, -0.2) is 0 Å². The molecule has 1 aliphatic rings. The van der Waals surface area contributed by atoms with Crippen LogP contribution in [0.3, 0.4) is 0 Å². The van der Waals surface area contributed by atoms with Crippen molar-refractivity contribution < 1.29 is 17.6 Å². The van der Waals surface area contributed by atoms with Gasteiger partial charge in [-0.2, -0.15) is 0 Å². The maximum Gasteiger partial charge on any atom is 0.169 e. The standard InChI is InChI=1S/C26H32F4/c1-3-4-5-6-7-8-18-9-11-19(12-10-18)20-13-14-21(22(27)16-20)24-23(28)15-17(2)25(29)26(24)30/h13-16,18-19H,3-12H2,1-2H3. The largest absolute Gasteiger partial charge is 0.206 e. The van der Waals surface area contributed by atoms with Gasteiger partial charge in [0.2, 0.25) is 0 Å². The quantitative estimate of drug-likeness (QED) is 0.227. The van der Waals surface area contributed by atoms with Gasteiger partial charge in [0.05, 0.1) is 5.56 Å². The molecule has 0 N–H and O–H groups in total. The van der Waals surface area contributed by atoms with E-state index in [1.54, 1.807) is 6.07 Å². The van der Waals surface area contributed by atoms with Crippen LogP contribution >= 0.6 is 0 Å². The lowest BCUT2D eigenvalue weighted by atomic mass is 9.77. The van der Waals surface area contributed by atoms with Crippen LogP contribution in [0.5, 0.6) is 0 Å². The second kappa shape index (κ2) is 10.5. The minimum absolute atomic E-state index is 0.132. The SMILES string of the molecule is CCCCCCCC1CCC(c2ccc(-c3c(F)cc(C)c(F)c3F)c(F)c2)CC1. The van der Waals surface area contributed by atoms with Gasteiger partial charge >= 0.3 is 0 Å². The molecule has 4 heteroatoms. The number of rotatable bonds is 8. The third-order valence-corrected chi connectivity index (χ3v) is 6.64. The molecule has 3 rings (SSSR count). The molecule has 0 nitrogen and oxygen atoms in total. The van der Waals surface area contributed by atoms with Crippen molar-refractivity contribution in [3.8, 4) is 11.1 Å². The average molecular weight is 421 g/mol. The van der Waals surface area contributed by atoms with Crippen molar-refractivity contribution in [1.29, 1.82) is 0 Å². The fourth-order valence-corrected chi connectivity index (χ4v) is 4.77. The summed E-state index contributed by atoms with van der Waals surface area (Å²) in [5.74, 6) is -3.09. The topological polar surface area (TPSA) is 0 Å². The smallest absolute Gasteiger partial charge is 0.169 e. The van der Waals surface area contributed by atoms with E-state index in [-0.39, 0.29) is 17.0 Å². The van der Waals surface area contributed by atoms with Crippen molar-refractivity contribution in [1.82, 2.24) is 0 Å². The van der Waals surface area contributed by atoms with Crippen LogP contribution in [0.15, 0.2) is 24.3 Å². The summed E-state index contributed by atoms with van der Waals surface area (Å²) in [5, 5.41) is 0. The van der Waals surface area contributed by atoms with Gasteiger partial charge in [-0.3, -0.25) is 0 Å². The highest BCUT2D eigenvalue weighted by Crippen LogP contribution is 2.39. The molecular weight excluding hydrogens is 388 g/mol. The van der Waals surface area contributed by atoms with Crippen molar-refractivity contribution in [3.63, 3.8) is 0 Å². The van der Waals surface area contributed by atoms with Crippen molar-refractivity contribution in [2.45, 2.75) is 84.0 Å². The maximum absolute atomic E-state index is 14.8. The zero-order chi connectivity index (χ0) is 21.7. The summed E-state index contributed by atoms with van der Waals surface area (Å²) in [4.78, 5) is 0. The van der Waals surface area contributed by atoms with Gasteiger partial charge < -0.3 is 0 Å². The Morgan fingerprint density at radius 3 is 2.17 bits per heavy atom. The fourth-order valence-electron chi connectivity index (χ4n) is 4.77. The Labute approximate surface area is 177 Å². The molecule has 0 atom stereocenters. The van der Waals surface area contributed by atoms with Gasteiger partial charge in [-0.1, -0.05) is 57.6 Å². The summed E-state index contributed by atoms with van der Waals surface area (Å²) < 4.78 is 57.2. The summed E-state index contributed by atoms with van der Waals surface area (Å²) in [6.07, 6.45) is 12.1. The average Bonchev–Trinajstić information content (AvgIpc) is 2.73. The molecular formula is C26H32F4. The van der Waals surface area contributed by atoms with Crippen molar-refractivity contribution in [3.05, 3.63) is 58.7 Å². The molecule has 0 unspecified atom stereocenters. The second-order valence-electron chi connectivity index (χ2n) is 8.84. The summed E-state index contributed by atoms with van der Waals surface area (Å²) >= 11 is 0. The molecule has 0 aliphatic heterocycles. The third-order valence-electron chi connectivity index (χ3n) is 6.64. The normalized spacial score (nSPS) is 19.3. The second-order valence-corrected chi connectivity index (χ2v) is 8.84. The number of halogens is 4. The molecule has 0 aromatic heterocycles. The van der Waals surface area contributed by atoms with Crippen LogP contribution in [0, 0.1) is 36.1 Å². The fraction of sp³-hybridized carbons (Fsp3) is 0.538. The molecule has 0 spiro atoms. The van der Waals surface area contributed by atoms with Crippen LogP contribution in [0.1, 0.15) is 88.2 Å². The number of aryl methyl sites for hydroxylation is 1. The third kappa shape index (κ3) is 5.25. The van der Waals surface area contributed by atoms with E-state index >= 15 is 0 Å². The first-order chi connectivity index (χ1) is 14.4. The Morgan fingerprint density at radius 1 is 0.800 bits per heavy atom. The van der Waals surface area contributed by atoms with E-state index in [0.717, 1.165) is 43.2 Å². The van der Waals surface area contributed by atoms with Crippen LogP contribution in [0.4, 0.5) is 17.6 Å². The number of hydrogen-bond donors (Lipinski definition) is 0. The maximum atomic E-state index is 14.8. The van der Waals surface area contributed by atoms with Crippen molar-refractivity contribution in [2.24, 2.45) is 5.92 Å². The molecule has 164 valence electrons. The van der Waals surface area contributed by atoms with E-state index in [2.05, 4.69) is 6.92 Å². The van der Waals surface area contributed by atoms with Gasteiger partial charge in [-0.05, 0) is 67.7 Å². The molecule has 0 saturated heterocycles. The van der Waals surface area contributed by atoms with E-state index in [9.17, 15) is 17.6 Å². The minimum atomic E-state index is -1.33. The van der Waals surface area contributed by atoms with Crippen LogP contribution in [0.2, 0.25) is 0 Å². The molecule has 1 aliphatic carbocycles. The van der Waals surface area contributed by atoms with Gasteiger partial charge in [0.25, 0.3) is 0 Å². The molecule has 0 bridgehead atoms. The van der Waals surface area contributed by atoms with Crippen LogP contribution in [0.25, 0.3) is 11.1 Å². The van der Waals surface area contributed by atoms with Crippen LogP contribution < -0.4 is 0 Å². The van der Waals surface area contributed by atoms with E-state index in [0.29, 0.717) is 0 Å². The zero-order valence-electron chi connectivity index (χ0n) is 18.0. The summed E-state index contributed by atoms with van der Waals surface area (Å²) in [7, 11) is 0. The number of hydrogen-bond acceptors (Lipinski definition) is 0. The zero-order valence-corrected chi connectivity index (χ0v) is 18.0. The van der Waals surface area contributed by atoms with Gasteiger partial charge in [0, 0.05) is 5.56 Å². The van der Waals surface area contributed by atoms with Gasteiger partial charge in [-0.15, -0.1) is 0 Å². The highest BCUT2D eigenvalue weighted by molar-refractivity contribution is 5.66. The molecule has 30 heavy (non-hydrogen) atoms. The number of unbranched alkanes of at least 4 members (excludes halogenated alkanes) is 4. The van der Waals surface area contributed by atoms with E-state index < -0.39 is 28.8 Å². The Bertz CT molecular complexity index is 851. The monoisotopic (exact) mass is 420 g/mol. The molecule has 2 aromatic carbocycles. The first kappa shape index (κ1) is 22.8. The molecule has 1 fully saturated rings. The first-order valence-electron chi connectivity index (χ1n) is 11.4. The lowest BCUT2D eigenvalue weighted by Gasteiger charge is -2.29. The highest BCUT2D eigenvalue weighted by atomic mass is 19.2. The van der Waals surface area contributed by atoms with Crippen LogP contribution in [-0.2, 0) is 0 Å². The Morgan fingerprint density at radius 2 is 1.50 bits per heavy atom. The van der Waals surface area contributed by atoms with Crippen molar-refractivity contribution in [2.75, 3.05) is 0 Å². The lowest BCUT2D eigenvalue weighted by Crippen LogP contribution is -2.13. The predicted molar refractivity (Wildman–Crippen MR) is 115 cm³/mol. The molecule has 0 amide bonds. The predicted octanol–water partition coefficient (Wildman–Crippen LogP) is 8.85. The van der Waals surface area contributed by atoms with Crippen molar-refractivity contribution >= 4 is 0 Å². The van der Waals surface area contributed by atoms with Gasteiger partial charge in [0.1, 0.15) is 11.6 Å². The summed E-state index contributed by atoms with van der Waals surface area (Å²) in [6, 6.07) is 5.41. The molecule has 1 saturated carbocycles. The van der Waals surface area contributed by atoms with E-state index in [1.807, 2.05) is 0 Å². The van der Waals surface area contributed by atoms with Gasteiger partial charge in [0.15, 0.2) is 11.6 Å². The van der Waals surface area contributed by atoms with E-state index in [1.165, 1.54) is 57.6 Å². The number of benzene rings is 2. The molecule has 2 aromatic rings. The Hall–Kier alpha value is -1.84. The summed E-state index contributed by atoms with van der Waals surface area (Å²) in [5.41, 5.74) is -0.124. The molecule has 0 radical (unpaired) electrons.